The highest BCUT2D eigenvalue weighted by Crippen LogP contribution is 2.35. The Kier molecular flexibility index (Phi) is 10.0. The van der Waals surface area contributed by atoms with Crippen molar-refractivity contribution >= 4 is 62.3 Å². The van der Waals surface area contributed by atoms with Crippen LogP contribution in [0, 0.1) is 5.82 Å². The van der Waals surface area contributed by atoms with Gasteiger partial charge in [-0.1, -0.05) is 53.9 Å². The Bertz CT molecular complexity index is 1220. The number of hydrogen-bond donors (Lipinski definition) is 1. The van der Waals surface area contributed by atoms with Crippen LogP contribution in [0.4, 0.5) is 10.1 Å². The van der Waals surface area contributed by atoms with Gasteiger partial charge in [0.2, 0.25) is 21.8 Å². The fourth-order valence-corrected chi connectivity index (χ4v) is 5.00. The van der Waals surface area contributed by atoms with E-state index >= 15 is 0 Å². The van der Waals surface area contributed by atoms with Crippen molar-refractivity contribution in [1.29, 1.82) is 0 Å². The van der Waals surface area contributed by atoms with E-state index in [2.05, 4.69) is 5.32 Å². The molecule has 0 aliphatic rings. The number of hydrogen-bond acceptors (Lipinski definition) is 4. The number of halogens is 4. The van der Waals surface area contributed by atoms with Crippen LogP contribution in [0.5, 0.6) is 0 Å². The Labute approximate surface area is 226 Å². The molecule has 0 bridgehead atoms. The maximum Gasteiger partial charge on any atom is 0.244 e. The van der Waals surface area contributed by atoms with Crippen molar-refractivity contribution in [1.82, 2.24) is 10.2 Å². The van der Waals surface area contributed by atoms with Crippen molar-refractivity contribution in [3.8, 4) is 0 Å². The van der Waals surface area contributed by atoms with E-state index in [4.69, 9.17) is 34.8 Å². The predicted molar refractivity (Wildman–Crippen MR) is 143 cm³/mol. The highest BCUT2D eigenvalue weighted by Gasteiger charge is 2.33. The van der Waals surface area contributed by atoms with Gasteiger partial charge in [-0.3, -0.25) is 13.9 Å². The average Bonchev–Trinajstić information content (AvgIpc) is 2.74. The molecule has 1 atom stereocenters. The van der Waals surface area contributed by atoms with Gasteiger partial charge in [0.05, 0.1) is 27.0 Å². The Morgan fingerprint density at radius 1 is 1.03 bits per heavy atom. The number of nitrogens with one attached hydrogen (secondary N) is 1. The van der Waals surface area contributed by atoms with E-state index in [0.717, 1.165) is 10.6 Å². The fraction of sp³-hybridized carbons (Fsp3) is 0.417. The van der Waals surface area contributed by atoms with E-state index in [-0.39, 0.29) is 33.7 Å². The summed E-state index contributed by atoms with van der Waals surface area (Å²) in [4.78, 5) is 28.0. The van der Waals surface area contributed by atoms with Gasteiger partial charge in [0, 0.05) is 12.1 Å². The van der Waals surface area contributed by atoms with Crippen molar-refractivity contribution in [3.63, 3.8) is 0 Å². The lowest BCUT2D eigenvalue weighted by Gasteiger charge is -2.34. The van der Waals surface area contributed by atoms with Crippen LogP contribution in [0.2, 0.25) is 15.1 Å². The van der Waals surface area contributed by atoms with Gasteiger partial charge in [0.25, 0.3) is 0 Å². The van der Waals surface area contributed by atoms with Crippen molar-refractivity contribution in [2.45, 2.75) is 52.2 Å². The second-order valence-electron chi connectivity index (χ2n) is 9.30. The summed E-state index contributed by atoms with van der Waals surface area (Å²) < 4.78 is 39.7. The summed E-state index contributed by atoms with van der Waals surface area (Å²) in [5, 5.41) is 3.01. The first-order valence-electron chi connectivity index (χ1n) is 11.0. The molecule has 12 heteroatoms. The first-order chi connectivity index (χ1) is 16.5. The number of carbonyl (C=O) groups excluding carboxylic acids is 2. The first-order valence-corrected chi connectivity index (χ1v) is 14.0. The van der Waals surface area contributed by atoms with Crippen LogP contribution in [0.15, 0.2) is 36.4 Å². The molecule has 0 saturated carbocycles. The molecule has 0 radical (unpaired) electrons. The van der Waals surface area contributed by atoms with E-state index < -0.39 is 45.8 Å². The summed E-state index contributed by atoms with van der Waals surface area (Å²) in [6.45, 7) is 6.45. The SMILES string of the molecule is CC[C@H](C(=O)NC(C)(C)C)N(Cc1ccc(F)cc1)C(=O)CN(c1cc(Cl)c(Cl)cc1Cl)S(C)(=O)=O. The third-order valence-corrected chi connectivity index (χ3v) is 7.24. The van der Waals surface area contributed by atoms with Gasteiger partial charge in [-0.15, -0.1) is 0 Å². The van der Waals surface area contributed by atoms with Gasteiger partial charge in [0.1, 0.15) is 18.4 Å². The third-order valence-electron chi connectivity index (χ3n) is 5.09. The maximum atomic E-state index is 13.6. The van der Waals surface area contributed by atoms with Crippen LogP contribution in [-0.2, 0) is 26.2 Å². The van der Waals surface area contributed by atoms with E-state index in [0.29, 0.717) is 5.56 Å². The van der Waals surface area contributed by atoms with E-state index in [1.54, 1.807) is 27.7 Å². The number of anilines is 1. The topological polar surface area (TPSA) is 86.8 Å². The summed E-state index contributed by atoms with van der Waals surface area (Å²) in [5.41, 5.74) is -0.0392. The standard InChI is InChI=1S/C24H29Cl3FN3O4S/c1-6-20(23(33)29-24(2,3)4)30(13-15-7-9-16(28)10-8-15)22(32)14-31(36(5,34)35)21-12-18(26)17(25)11-19(21)27/h7-12,20H,6,13-14H2,1-5H3,(H,29,33)/t20-/m1/s1. The molecule has 0 aliphatic heterocycles. The molecule has 7 nitrogen and oxygen atoms in total. The van der Waals surface area contributed by atoms with E-state index in [1.807, 2.05) is 0 Å². The molecule has 0 heterocycles. The van der Waals surface area contributed by atoms with Crippen molar-refractivity contribution in [3.05, 3.63) is 62.8 Å². The highest BCUT2D eigenvalue weighted by molar-refractivity contribution is 7.92. The van der Waals surface area contributed by atoms with Crippen LogP contribution < -0.4 is 9.62 Å². The molecule has 1 N–H and O–H groups in total. The zero-order valence-corrected chi connectivity index (χ0v) is 23.7. The van der Waals surface area contributed by atoms with Crippen LogP contribution in [0.3, 0.4) is 0 Å². The van der Waals surface area contributed by atoms with Crippen molar-refractivity contribution in [2.75, 3.05) is 17.1 Å². The molecule has 2 aromatic rings. The molecular weight excluding hydrogens is 552 g/mol. The van der Waals surface area contributed by atoms with Gasteiger partial charge >= 0.3 is 0 Å². The second kappa shape index (κ2) is 12.0. The lowest BCUT2D eigenvalue weighted by Crippen LogP contribution is -2.55. The molecule has 0 aromatic heterocycles. The minimum atomic E-state index is -4.01. The Balaban J connectivity index is 2.52. The first kappa shape index (κ1) is 30.2. The Morgan fingerprint density at radius 2 is 1.58 bits per heavy atom. The minimum Gasteiger partial charge on any atom is -0.350 e. The molecule has 0 fully saturated rings. The molecular formula is C24H29Cl3FN3O4S. The summed E-state index contributed by atoms with van der Waals surface area (Å²) in [7, 11) is -4.01. The van der Waals surface area contributed by atoms with Crippen LogP contribution in [0.1, 0.15) is 39.7 Å². The lowest BCUT2D eigenvalue weighted by molar-refractivity contribution is -0.141. The molecule has 0 unspecified atom stereocenters. The molecule has 2 amide bonds. The van der Waals surface area contributed by atoms with Gasteiger partial charge in [-0.25, -0.2) is 12.8 Å². The minimum absolute atomic E-state index is 0.0229. The quantitative estimate of drug-likeness (QED) is 0.409. The molecule has 198 valence electrons. The van der Waals surface area contributed by atoms with E-state index in [1.165, 1.54) is 41.3 Å². The fourth-order valence-electron chi connectivity index (χ4n) is 3.46. The van der Waals surface area contributed by atoms with Gasteiger partial charge < -0.3 is 10.2 Å². The summed E-state index contributed by atoms with van der Waals surface area (Å²) in [6.07, 6.45) is 1.17. The smallest absolute Gasteiger partial charge is 0.244 e. The molecule has 0 saturated heterocycles. The Hall–Kier alpha value is -2.07. The number of benzene rings is 2. The third kappa shape index (κ3) is 8.23. The van der Waals surface area contributed by atoms with Crippen molar-refractivity contribution < 1.29 is 22.4 Å². The van der Waals surface area contributed by atoms with Crippen molar-refractivity contribution in [2.24, 2.45) is 0 Å². The van der Waals surface area contributed by atoms with Gasteiger partial charge in [0.15, 0.2) is 0 Å². The van der Waals surface area contributed by atoms with Crippen LogP contribution in [-0.4, -0.2) is 49.5 Å². The monoisotopic (exact) mass is 579 g/mol. The second-order valence-corrected chi connectivity index (χ2v) is 12.4. The number of sulfonamides is 1. The summed E-state index contributed by atoms with van der Waals surface area (Å²) >= 11 is 18.3. The van der Waals surface area contributed by atoms with Crippen LogP contribution >= 0.6 is 34.8 Å². The molecule has 36 heavy (non-hydrogen) atoms. The summed E-state index contributed by atoms with van der Waals surface area (Å²) in [6, 6.07) is 7.09. The zero-order valence-electron chi connectivity index (χ0n) is 20.6. The molecule has 0 aliphatic carbocycles. The normalized spacial score (nSPS) is 12.7. The highest BCUT2D eigenvalue weighted by atomic mass is 35.5. The maximum absolute atomic E-state index is 13.6. The van der Waals surface area contributed by atoms with Gasteiger partial charge in [-0.2, -0.15) is 0 Å². The average molecular weight is 581 g/mol. The van der Waals surface area contributed by atoms with Gasteiger partial charge in [-0.05, 0) is 57.0 Å². The molecule has 2 rings (SSSR count). The largest absolute Gasteiger partial charge is 0.350 e. The predicted octanol–water partition coefficient (Wildman–Crippen LogP) is 5.27. The number of rotatable bonds is 9. The van der Waals surface area contributed by atoms with E-state index in [9.17, 15) is 22.4 Å². The number of nitrogens with zero attached hydrogens (tertiary/aromatic N) is 2. The Morgan fingerprint density at radius 3 is 2.08 bits per heavy atom. The molecule has 0 spiro atoms. The number of carbonyl (C=O) groups is 2. The number of amides is 2. The zero-order chi connectivity index (χ0) is 27.4. The van der Waals surface area contributed by atoms with Crippen LogP contribution in [0.25, 0.3) is 0 Å². The summed E-state index contributed by atoms with van der Waals surface area (Å²) in [5.74, 6) is -1.52. The molecule has 2 aromatic carbocycles. The lowest BCUT2D eigenvalue weighted by atomic mass is 10.1.